The Morgan fingerprint density at radius 2 is 1.60 bits per heavy atom. The van der Waals surface area contributed by atoms with Gasteiger partial charge in [-0.3, -0.25) is 4.57 Å². The highest BCUT2D eigenvalue weighted by Gasteiger charge is 2.31. The van der Waals surface area contributed by atoms with Crippen LogP contribution in [0.5, 0.6) is 0 Å². The smallest absolute Gasteiger partial charge is 0.353 e. The Labute approximate surface area is 260 Å². The van der Waals surface area contributed by atoms with Gasteiger partial charge in [0.2, 0.25) is 0 Å². The Balaban J connectivity index is 1.09. The van der Waals surface area contributed by atoms with Crippen LogP contribution in [0.4, 0.5) is 5.82 Å². The third-order valence-electron chi connectivity index (χ3n) is 8.95. The molecule has 0 aliphatic heterocycles. The SMILES string of the molecule is C[C@H](Cn1cnc2c(N)ncnc21)OCP(=O)(O)OCCCOCCCCCCCCCCC[Si](C)(C)C1CCCCC1. The van der Waals surface area contributed by atoms with Crippen molar-refractivity contribution in [2.45, 2.75) is 141 Å². The summed E-state index contributed by atoms with van der Waals surface area (Å²) >= 11 is 0. The van der Waals surface area contributed by atoms with Gasteiger partial charge < -0.3 is 29.2 Å². The minimum Gasteiger partial charge on any atom is -0.382 e. The molecule has 1 fully saturated rings. The van der Waals surface area contributed by atoms with E-state index in [0.29, 0.717) is 36.6 Å². The molecule has 0 spiro atoms. The third kappa shape index (κ3) is 13.7. The molecule has 3 N–H and O–H groups in total. The Hall–Kier alpha value is -1.36. The van der Waals surface area contributed by atoms with E-state index in [4.69, 9.17) is 19.7 Å². The van der Waals surface area contributed by atoms with Crippen molar-refractivity contribution in [1.82, 2.24) is 19.5 Å². The number of unbranched alkanes of at least 4 members (excludes halogenated alkanes) is 8. The van der Waals surface area contributed by atoms with E-state index in [1.165, 1.54) is 95.8 Å². The summed E-state index contributed by atoms with van der Waals surface area (Å²) in [4.78, 5) is 22.4. The summed E-state index contributed by atoms with van der Waals surface area (Å²) in [5.74, 6) is 0.311. The van der Waals surface area contributed by atoms with Crippen molar-refractivity contribution < 1.29 is 23.5 Å². The molecule has 2 heterocycles. The summed E-state index contributed by atoms with van der Waals surface area (Å²) in [6.45, 7) is 8.93. The summed E-state index contributed by atoms with van der Waals surface area (Å²) in [6, 6.07) is 1.54. The molecule has 246 valence electrons. The van der Waals surface area contributed by atoms with Crippen LogP contribution in [0.25, 0.3) is 11.2 Å². The van der Waals surface area contributed by atoms with Crippen LogP contribution in [0.2, 0.25) is 24.7 Å². The number of aromatic nitrogens is 4. The minimum absolute atomic E-state index is 0.161. The third-order valence-corrected chi connectivity index (χ3v) is 14.4. The molecular weight excluding hydrogens is 581 g/mol. The van der Waals surface area contributed by atoms with E-state index in [1.54, 1.807) is 10.9 Å². The highest BCUT2D eigenvalue weighted by Crippen LogP contribution is 2.42. The summed E-state index contributed by atoms with van der Waals surface area (Å²) in [5.41, 5.74) is 8.03. The van der Waals surface area contributed by atoms with Crippen LogP contribution in [0.15, 0.2) is 12.7 Å². The molecule has 3 rings (SSSR count). The zero-order valence-corrected chi connectivity index (χ0v) is 28.9. The van der Waals surface area contributed by atoms with E-state index >= 15 is 0 Å². The zero-order chi connectivity index (χ0) is 31.0. The van der Waals surface area contributed by atoms with Gasteiger partial charge in [0, 0.05) is 13.2 Å². The second-order valence-electron chi connectivity index (χ2n) is 13.1. The Morgan fingerprint density at radius 1 is 0.953 bits per heavy atom. The largest absolute Gasteiger partial charge is 0.382 e. The molecule has 43 heavy (non-hydrogen) atoms. The van der Waals surface area contributed by atoms with Crippen molar-refractivity contribution in [2.24, 2.45) is 0 Å². The predicted molar refractivity (Wildman–Crippen MR) is 177 cm³/mol. The van der Waals surface area contributed by atoms with Crippen LogP contribution in [0.1, 0.15) is 103 Å². The maximum Gasteiger partial charge on any atom is 0.353 e. The minimum atomic E-state index is -3.84. The fraction of sp³-hybridized carbons (Fsp3) is 0.839. The quantitative estimate of drug-likeness (QED) is 0.0706. The number of nitrogens with zero attached hydrogens (tertiary/aromatic N) is 4. The molecule has 0 saturated heterocycles. The van der Waals surface area contributed by atoms with Crippen LogP contribution >= 0.6 is 7.60 Å². The van der Waals surface area contributed by atoms with Crippen LogP contribution in [0.3, 0.4) is 0 Å². The van der Waals surface area contributed by atoms with E-state index in [1.807, 2.05) is 6.92 Å². The first-order chi connectivity index (χ1) is 20.7. The molecule has 10 nitrogen and oxygen atoms in total. The molecule has 1 saturated carbocycles. The molecule has 2 aromatic heterocycles. The molecule has 1 aliphatic carbocycles. The highest BCUT2D eigenvalue weighted by atomic mass is 31.2. The van der Waals surface area contributed by atoms with Gasteiger partial charge in [-0.2, -0.15) is 0 Å². The van der Waals surface area contributed by atoms with Crippen molar-refractivity contribution in [3.63, 3.8) is 0 Å². The standard InChI is InChI=1S/C31H58N5O5PSi/c1-27(23-36-25-35-29-30(32)33-24-34-31(29)36)40-26-42(37,38)41-21-16-20-39-19-14-9-7-5-4-6-8-10-15-22-43(2,3)28-17-12-11-13-18-28/h24-25,27-28H,4-23,26H2,1-3H3,(H,37,38)(H2,32,33,34)/t27-/m1/s1. The van der Waals surface area contributed by atoms with E-state index in [0.717, 1.165) is 18.6 Å². The second-order valence-corrected chi connectivity index (χ2v) is 20.2. The number of nitrogens with two attached hydrogens (primary N) is 1. The number of ether oxygens (including phenoxy) is 2. The van der Waals surface area contributed by atoms with E-state index in [-0.39, 0.29) is 19.1 Å². The van der Waals surface area contributed by atoms with Crippen molar-refractivity contribution in [2.75, 3.05) is 31.9 Å². The number of anilines is 1. The molecule has 1 aliphatic rings. The summed E-state index contributed by atoms with van der Waals surface area (Å²) in [7, 11) is -4.84. The second kappa shape index (κ2) is 19.2. The predicted octanol–water partition coefficient (Wildman–Crippen LogP) is 7.93. The van der Waals surface area contributed by atoms with Crippen LogP contribution in [-0.2, 0) is 25.1 Å². The lowest BCUT2D eigenvalue weighted by Gasteiger charge is -2.35. The fourth-order valence-corrected chi connectivity index (χ4v) is 10.7. The maximum absolute atomic E-state index is 12.3. The average molecular weight is 640 g/mol. The topological polar surface area (TPSA) is 135 Å². The van der Waals surface area contributed by atoms with E-state index in [2.05, 4.69) is 28.0 Å². The number of hydrogen-bond acceptors (Lipinski definition) is 8. The Bertz CT molecular complexity index is 1100. The summed E-state index contributed by atoms with van der Waals surface area (Å²) < 4.78 is 30.6. The summed E-state index contributed by atoms with van der Waals surface area (Å²) in [6.07, 6.45) is 22.2. The highest BCUT2D eigenvalue weighted by molar-refractivity contribution is 7.52. The molecule has 0 bridgehead atoms. The monoisotopic (exact) mass is 639 g/mol. The number of fused-ring (bicyclic) bond motifs is 1. The van der Waals surface area contributed by atoms with Crippen molar-refractivity contribution in [1.29, 1.82) is 0 Å². The van der Waals surface area contributed by atoms with Gasteiger partial charge in [-0.05, 0) is 25.3 Å². The van der Waals surface area contributed by atoms with Gasteiger partial charge in [0.25, 0.3) is 0 Å². The van der Waals surface area contributed by atoms with Gasteiger partial charge in [0.05, 0.1) is 33.7 Å². The number of rotatable bonds is 23. The normalized spacial score (nSPS) is 16.9. The lowest BCUT2D eigenvalue weighted by atomic mass is 10.0. The van der Waals surface area contributed by atoms with Crippen molar-refractivity contribution in [3.05, 3.63) is 12.7 Å². The fourth-order valence-electron chi connectivity index (χ4n) is 6.20. The van der Waals surface area contributed by atoms with Crippen molar-refractivity contribution in [3.8, 4) is 0 Å². The van der Waals surface area contributed by atoms with Crippen LogP contribution in [-0.4, -0.2) is 64.8 Å². The van der Waals surface area contributed by atoms with Gasteiger partial charge >= 0.3 is 7.60 Å². The number of hydrogen-bond donors (Lipinski definition) is 2. The van der Waals surface area contributed by atoms with Gasteiger partial charge in [0.1, 0.15) is 18.2 Å². The lowest BCUT2D eigenvalue weighted by Crippen LogP contribution is -2.33. The Kier molecular flexibility index (Phi) is 16.1. The first-order valence-corrected chi connectivity index (χ1v) is 21.8. The van der Waals surface area contributed by atoms with Crippen molar-refractivity contribution >= 4 is 32.7 Å². The van der Waals surface area contributed by atoms with Gasteiger partial charge in [-0.1, -0.05) is 103 Å². The maximum atomic E-state index is 12.3. The molecule has 0 aromatic carbocycles. The van der Waals surface area contributed by atoms with E-state index in [9.17, 15) is 9.46 Å². The number of nitrogen functional groups attached to an aromatic ring is 1. The zero-order valence-electron chi connectivity index (χ0n) is 27.1. The Morgan fingerprint density at radius 3 is 2.33 bits per heavy atom. The van der Waals surface area contributed by atoms with Crippen LogP contribution in [0, 0.1) is 0 Å². The van der Waals surface area contributed by atoms with Gasteiger partial charge in [0.15, 0.2) is 11.5 Å². The van der Waals surface area contributed by atoms with Crippen LogP contribution < -0.4 is 5.73 Å². The molecule has 1 unspecified atom stereocenters. The first kappa shape index (κ1) is 36.1. The van der Waals surface area contributed by atoms with Gasteiger partial charge in [-0.15, -0.1) is 0 Å². The molecule has 0 amide bonds. The first-order valence-electron chi connectivity index (χ1n) is 16.7. The van der Waals surface area contributed by atoms with E-state index < -0.39 is 15.7 Å². The molecule has 2 aromatic rings. The average Bonchev–Trinajstić information content (AvgIpc) is 3.40. The number of imidazole rings is 1. The molecule has 2 atom stereocenters. The summed E-state index contributed by atoms with van der Waals surface area (Å²) in [5, 5.41) is 0. The lowest BCUT2D eigenvalue weighted by molar-refractivity contribution is 0.0688. The molecule has 0 radical (unpaired) electrons. The van der Waals surface area contributed by atoms with Gasteiger partial charge in [-0.25, -0.2) is 15.0 Å². The molecule has 12 heteroatoms. The molecular formula is C31H58N5O5PSi.